The van der Waals surface area contributed by atoms with Crippen molar-refractivity contribution in [2.75, 3.05) is 13.2 Å². The van der Waals surface area contributed by atoms with Gasteiger partial charge in [0, 0.05) is 71.1 Å². The number of halogens is 3. The van der Waals surface area contributed by atoms with Crippen molar-refractivity contribution in [3.05, 3.63) is 163 Å². The van der Waals surface area contributed by atoms with Crippen LogP contribution in [0.1, 0.15) is 72.5 Å². The Morgan fingerprint density at radius 2 is 1.22 bits per heavy atom. The Morgan fingerprint density at radius 3 is 1.77 bits per heavy atom. The molecular formula is C48H38Cl3N5O8. The van der Waals surface area contributed by atoms with E-state index >= 15 is 0 Å². The summed E-state index contributed by atoms with van der Waals surface area (Å²) in [6.45, 7) is 2.22. The number of nitriles is 2. The van der Waals surface area contributed by atoms with E-state index in [4.69, 9.17) is 53.8 Å². The lowest BCUT2D eigenvalue weighted by Gasteiger charge is -2.18. The minimum absolute atomic E-state index is 0.000248. The molecule has 1 saturated carbocycles. The Labute approximate surface area is 383 Å². The first-order valence-electron chi connectivity index (χ1n) is 19.8. The van der Waals surface area contributed by atoms with E-state index in [1.807, 2.05) is 49.4 Å². The van der Waals surface area contributed by atoms with Gasteiger partial charge < -0.3 is 34.5 Å². The first-order valence-corrected chi connectivity index (χ1v) is 20.9. The lowest BCUT2D eigenvalue weighted by molar-refractivity contribution is 0.0691. The molecule has 4 aromatic carbocycles. The highest BCUT2D eigenvalue weighted by atomic mass is 35.5. The Morgan fingerprint density at radius 1 is 0.703 bits per heavy atom. The van der Waals surface area contributed by atoms with Gasteiger partial charge in [-0.05, 0) is 60.7 Å². The van der Waals surface area contributed by atoms with Gasteiger partial charge in [-0.25, -0.2) is 4.79 Å². The first kappa shape index (κ1) is 45.2. The number of nitrogens with zero attached hydrogens (tertiary/aromatic N) is 4. The normalized spacial score (nSPS) is 12.4. The highest BCUT2D eigenvalue weighted by molar-refractivity contribution is 6.34. The van der Waals surface area contributed by atoms with Gasteiger partial charge in [-0.15, -0.1) is 0 Å². The van der Waals surface area contributed by atoms with Crippen LogP contribution in [0.4, 0.5) is 0 Å². The number of amides is 1. The topological polar surface area (TPSA) is 197 Å². The van der Waals surface area contributed by atoms with Gasteiger partial charge in [0.1, 0.15) is 67.1 Å². The van der Waals surface area contributed by atoms with Crippen LogP contribution in [0, 0.1) is 35.0 Å². The number of aliphatic hydroxyl groups is 1. The van der Waals surface area contributed by atoms with Crippen molar-refractivity contribution in [3.63, 3.8) is 0 Å². The van der Waals surface area contributed by atoms with Crippen molar-refractivity contribution >= 4 is 46.7 Å². The zero-order valence-electron chi connectivity index (χ0n) is 34.2. The summed E-state index contributed by atoms with van der Waals surface area (Å²) in [6.07, 6.45) is 7.56. The van der Waals surface area contributed by atoms with Gasteiger partial charge in [0.15, 0.2) is 0 Å². The highest BCUT2D eigenvalue weighted by Crippen LogP contribution is 2.44. The van der Waals surface area contributed by atoms with Crippen LogP contribution in [0.3, 0.4) is 0 Å². The number of carbonyl (C=O) groups is 2. The summed E-state index contributed by atoms with van der Waals surface area (Å²) in [5, 5.41) is 41.7. The molecule has 64 heavy (non-hydrogen) atoms. The molecule has 0 atom stereocenters. The lowest BCUT2D eigenvalue weighted by Crippen LogP contribution is -2.32. The average molecular weight is 919 g/mol. The number of aliphatic hydroxyl groups excluding tert-OH is 1. The molecule has 0 spiro atoms. The van der Waals surface area contributed by atoms with E-state index in [0.29, 0.717) is 39.4 Å². The molecule has 0 unspecified atom stereocenters. The fourth-order valence-corrected chi connectivity index (χ4v) is 7.44. The van der Waals surface area contributed by atoms with Gasteiger partial charge in [0.05, 0.1) is 38.4 Å². The zero-order chi connectivity index (χ0) is 45.4. The molecule has 0 bridgehead atoms. The molecule has 2 heterocycles. The van der Waals surface area contributed by atoms with Crippen LogP contribution in [-0.4, -0.2) is 45.2 Å². The van der Waals surface area contributed by atoms with E-state index in [0.717, 1.165) is 35.1 Å². The van der Waals surface area contributed by atoms with E-state index in [1.165, 1.54) is 42.9 Å². The third-order valence-electron chi connectivity index (χ3n) is 10.7. The molecule has 1 fully saturated rings. The summed E-state index contributed by atoms with van der Waals surface area (Å²) >= 11 is 20.3. The summed E-state index contributed by atoms with van der Waals surface area (Å²) in [5.74, 6) is -1.03. The van der Waals surface area contributed by atoms with Crippen molar-refractivity contribution in [2.45, 2.75) is 46.2 Å². The average Bonchev–Trinajstić information content (AvgIpc) is 4.10. The summed E-state index contributed by atoms with van der Waals surface area (Å²) in [6, 6.07) is 24.2. The molecule has 0 aliphatic heterocycles. The van der Waals surface area contributed by atoms with Crippen LogP contribution >= 0.6 is 34.8 Å². The van der Waals surface area contributed by atoms with Crippen molar-refractivity contribution in [1.82, 2.24) is 15.3 Å². The van der Waals surface area contributed by atoms with Crippen LogP contribution in [0.5, 0.6) is 23.0 Å². The van der Waals surface area contributed by atoms with Crippen molar-refractivity contribution in [3.8, 4) is 46.3 Å². The molecule has 16 heteroatoms. The summed E-state index contributed by atoms with van der Waals surface area (Å²) < 4.78 is 24.3. The van der Waals surface area contributed by atoms with E-state index < -0.39 is 11.9 Å². The Kier molecular flexibility index (Phi) is 14.2. The number of rotatable bonds is 18. The van der Waals surface area contributed by atoms with E-state index in [2.05, 4.69) is 21.4 Å². The molecule has 0 radical (unpaired) electrons. The largest absolute Gasteiger partial charge is 0.488 e. The van der Waals surface area contributed by atoms with Gasteiger partial charge in [-0.1, -0.05) is 71.2 Å². The van der Waals surface area contributed by atoms with Crippen LogP contribution in [0.25, 0.3) is 11.1 Å². The molecule has 6 aromatic rings. The van der Waals surface area contributed by atoms with Crippen molar-refractivity contribution in [1.29, 1.82) is 10.5 Å². The molecule has 13 nitrogen and oxygen atoms in total. The summed E-state index contributed by atoms with van der Waals surface area (Å²) in [5.41, 5.74) is 5.43. The fourth-order valence-electron chi connectivity index (χ4n) is 6.72. The third kappa shape index (κ3) is 10.7. The molecule has 3 N–H and O–H groups in total. The highest BCUT2D eigenvalue weighted by Gasteiger charge is 2.42. The van der Waals surface area contributed by atoms with E-state index in [-0.39, 0.29) is 82.6 Å². The van der Waals surface area contributed by atoms with Gasteiger partial charge in [0.2, 0.25) is 0 Å². The van der Waals surface area contributed by atoms with Gasteiger partial charge in [-0.2, -0.15) is 10.5 Å². The maximum Gasteiger partial charge on any atom is 0.339 e. The number of hydrogen-bond acceptors (Lipinski definition) is 11. The van der Waals surface area contributed by atoms with E-state index in [1.54, 1.807) is 18.3 Å². The molecule has 324 valence electrons. The molecule has 1 aliphatic rings. The Bertz CT molecular complexity index is 2840. The standard InChI is InChI=1S/C48H38Cl3N5O8/c1-28-33(24-63-44-15-42(38(47(59)60)13-40(44)50)62-23-32-11-30(17-53)19-55-21-32)4-2-6-35(28)36-7-3-5-34(45(36)51)25-64-43-14-41(61-22-31-10-29(16-52)18-54-20-31)37(12-39(43)49)46(58)56-26-48(27-57)8-9-48/h2-7,10-15,18-21,57H,8-9,22-27H2,1H3,(H,56,58)(H,59,60). The predicted octanol–water partition coefficient (Wildman–Crippen LogP) is 9.67. The lowest BCUT2D eigenvalue weighted by atomic mass is 9.95. The maximum atomic E-state index is 13.4. The van der Waals surface area contributed by atoms with Gasteiger partial charge in [-0.3, -0.25) is 14.8 Å². The zero-order valence-corrected chi connectivity index (χ0v) is 36.4. The quantitative estimate of drug-likeness (QED) is 0.0739. The minimum atomic E-state index is -1.24. The number of ether oxygens (including phenoxy) is 4. The molecule has 7 rings (SSSR count). The van der Waals surface area contributed by atoms with Crippen LogP contribution in [0.2, 0.25) is 15.1 Å². The van der Waals surface area contributed by atoms with Crippen molar-refractivity contribution in [2.24, 2.45) is 5.41 Å². The number of hydrogen-bond donors (Lipinski definition) is 3. The predicted molar refractivity (Wildman–Crippen MR) is 238 cm³/mol. The second-order valence-electron chi connectivity index (χ2n) is 15.1. The SMILES string of the molecule is Cc1c(COc2cc(OCc3cncc(C#N)c3)c(C(=O)O)cc2Cl)cccc1-c1cccc(COc2cc(OCc3cncc(C#N)c3)c(C(=O)NCC3(CO)CC3)cc2Cl)c1Cl. The monoisotopic (exact) mass is 917 g/mol. The second kappa shape index (κ2) is 20.1. The van der Waals surface area contributed by atoms with Gasteiger partial charge >= 0.3 is 5.97 Å². The molecule has 0 saturated heterocycles. The van der Waals surface area contributed by atoms with Crippen LogP contribution in [-0.2, 0) is 26.4 Å². The molecule has 1 amide bonds. The Balaban J connectivity index is 1.08. The molecule has 2 aromatic heterocycles. The van der Waals surface area contributed by atoms with Crippen LogP contribution < -0.4 is 24.3 Å². The third-order valence-corrected chi connectivity index (χ3v) is 11.7. The van der Waals surface area contributed by atoms with Crippen LogP contribution in [0.15, 0.2) is 97.6 Å². The maximum absolute atomic E-state index is 13.4. The number of carbonyl (C=O) groups excluding carboxylic acids is 1. The molecule has 1 aliphatic carbocycles. The number of aromatic nitrogens is 2. The fraction of sp³-hybridized carbons (Fsp3) is 0.208. The summed E-state index contributed by atoms with van der Waals surface area (Å²) in [7, 11) is 0. The molecular weight excluding hydrogens is 881 g/mol. The number of carboxylic acid groups (broad SMARTS) is 1. The first-order chi connectivity index (χ1) is 30.9. The second-order valence-corrected chi connectivity index (χ2v) is 16.3. The number of nitrogens with one attached hydrogen (secondary N) is 1. The number of benzene rings is 4. The number of aromatic carboxylic acids is 1. The van der Waals surface area contributed by atoms with Crippen molar-refractivity contribution < 1.29 is 38.7 Å². The Hall–Kier alpha value is -6.87. The number of carboxylic acids is 1. The number of pyridine rings is 2. The smallest absolute Gasteiger partial charge is 0.339 e. The van der Waals surface area contributed by atoms with E-state index in [9.17, 15) is 30.3 Å². The minimum Gasteiger partial charge on any atom is -0.488 e. The van der Waals surface area contributed by atoms with Gasteiger partial charge in [0.25, 0.3) is 5.91 Å². The summed E-state index contributed by atoms with van der Waals surface area (Å²) in [4.78, 5) is 33.6.